The van der Waals surface area contributed by atoms with Gasteiger partial charge in [0.1, 0.15) is 10.6 Å². The van der Waals surface area contributed by atoms with Gasteiger partial charge in [0.25, 0.3) is 5.91 Å². The molecule has 0 spiro atoms. The highest BCUT2D eigenvalue weighted by atomic mass is 32.2. The average Bonchev–Trinajstić information content (AvgIpc) is 3.35. The van der Waals surface area contributed by atoms with Gasteiger partial charge >= 0.3 is 12.0 Å². The molecule has 0 radical (unpaired) electrons. The summed E-state index contributed by atoms with van der Waals surface area (Å²) >= 11 is 0. The summed E-state index contributed by atoms with van der Waals surface area (Å²) in [6, 6.07) is 12.3. The summed E-state index contributed by atoms with van der Waals surface area (Å²) < 4.78 is 37.7. The van der Waals surface area contributed by atoms with Gasteiger partial charge < -0.3 is 14.8 Å². The Balaban J connectivity index is 1.65. The highest BCUT2D eigenvalue weighted by Gasteiger charge is 2.27. The molecule has 0 aromatic heterocycles. The Bertz CT molecular complexity index is 1160. The van der Waals surface area contributed by atoms with E-state index >= 15 is 0 Å². The van der Waals surface area contributed by atoms with Crippen molar-refractivity contribution in [2.75, 3.05) is 20.8 Å². The van der Waals surface area contributed by atoms with Crippen LogP contribution in [0.5, 0.6) is 5.75 Å². The predicted molar refractivity (Wildman–Crippen MR) is 127 cm³/mol. The molecule has 0 unspecified atom stereocenters. The number of nitrogens with one attached hydrogen (secondary N) is 2. The third-order valence-electron chi connectivity index (χ3n) is 5.61. The van der Waals surface area contributed by atoms with Crippen molar-refractivity contribution in [3.63, 3.8) is 0 Å². The minimum atomic E-state index is -4.03. The van der Waals surface area contributed by atoms with Gasteiger partial charge in [0.15, 0.2) is 6.61 Å². The maximum absolute atomic E-state index is 13.2. The molecule has 0 saturated heterocycles. The smallest absolute Gasteiger partial charge is 0.338 e. The Labute approximate surface area is 204 Å². The Morgan fingerprint density at radius 3 is 2.40 bits per heavy atom. The topological polar surface area (TPSA) is 131 Å². The molecular weight excluding hydrogens is 474 g/mol. The highest BCUT2D eigenvalue weighted by Crippen LogP contribution is 2.28. The van der Waals surface area contributed by atoms with Crippen molar-refractivity contribution in [1.29, 1.82) is 0 Å². The lowest BCUT2D eigenvalue weighted by Crippen LogP contribution is -2.45. The van der Waals surface area contributed by atoms with Crippen molar-refractivity contribution < 1.29 is 32.3 Å². The van der Waals surface area contributed by atoms with E-state index in [1.807, 2.05) is 18.2 Å². The summed E-state index contributed by atoms with van der Waals surface area (Å²) in [7, 11) is -1.28. The van der Waals surface area contributed by atoms with Crippen molar-refractivity contribution in [3.8, 4) is 5.75 Å². The summed E-state index contributed by atoms with van der Waals surface area (Å²) in [4.78, 5) is 36.1. The first-order valence-electron chi connectivity index (χ1n) is 11.2. The van der Waals surface area contributed by atoms with Crippen LogP contribution in [0.1, 0.15) is 41.6 Å². The van der Waals surface area contributed by atoms with Gasteiger partial charge in [-0.05, 0) is 36.6 Å². The van der Waals surface area contributed by atoms with Gasteiger partial charge in [-0.3, -0.25) is 10.1 Å². The molecule has 3 rings (SSSR count). The highest BCUT2D eigenvalue weighted by molar-refractivity contribution is 7.89. The van der Waals surface area contributed by atoms with E-state index in [0.29, 0.717) is 0 Å². The second-order valence-electron chi connectivity index (χ2n) is 8.19. The van der Waals surface area contributed by atoms with Crippen LogP contribution in [0.3, 0.4) is 0 Å². The van der Waals surface area contributed by atoms with Gasteiger partial charge in [0, 0.05) is 19.6 Å². The van der Waals surface area contributed by atoms with Crippen LogP contribution in [-0.2, 0) is 26.1 Å². The van der Waals surface area contributed by atoms with Crippen molar-refractivity contribution in [3.05, 3.63) is 59.7 Å². The Morgan fingerprint density at radius 1 is 1.06 bits per heavy atom. The van der Waals surface area contributed by atoms with E-state index in [1.165, 1.54) is 26.3 Å². The first kappa shape index (κ1) is 26.2. The monoisotopic (exact) mass is 503 g/mol. The van der Waals surface area contributed by atoms with Gasteiger partial charge in [-0.2, -0.15) is 4.31 Å². The molecule has 3 amide bonds. The van der Waals surface area contributed by atoms with E-state index in [0.717, 1.165) is 41.6 Å². The zero-order valence-electron chi connectivity index (χ0n) is 19.7. The lowest BCUT2D eigenvalue weighted by Gasteiger charge is -2.19. The molecule has 1 aliphatic carbocycles. The number of benzene rings is 2. The van der Waals surface area contributed by atoms with Crippen LogP contribution in [0.4, 0.5) is 4.79 Å². The number of amides is 3. The molecule has 188 valence electrons. The molecular formula is C24H29N3O7S. The van der Waals surface area contributed by atoms with Crippen LogP contribution >= 0.6 is 0 Å². The number of imide groups is 1. The molecule has 1 aliphatic rings. The van der Waals surface area contributed by atoms with Crippen LogP contribution in [-0.4, -0.2) is 57.4 Å². The SMILES string of the molecule is COc1ccc(C(=O)OCC(=O)NC(=O)NC2CCCC2)cc1S(=O)(=O)N(C)Cc1ccccc1. The fourth-order valence-electron chi connectivity index (χ4n) is 3.77. The van der Waals surface area contributed by atoms with Gasteiger partial charge in [0.05, 0.1) is 12.7 Å². The number of esters is 1. The van der Waals surface area contributed by atoms with E-state index in [2.05, 4.69) is 10.6 Å². The largest absolute Gasteiger partial charge is 0.495 e. The Morgan fingerprint density at radius 2 is 1.74 bits per heavy atom. The number of carbonyl (C=O) groups is 3. The second kappa shape index (κ2) is 11.8. The van der Waals surface area contributed by atoms with Crippen LogP contribution in [0, 0.1) is 0 Å². The van der Waals surface area contributed by atoms with Gasteiger partial charge in [0.2, 0.25) is 10.0 Å². The van der Waals surface area contributed by atoms with E-state index in [4.69, 9.17) is 9.47 Å². The Kier molecular flexibility index (Phi) is 8.83. The molecule has 11 heteroatoms. The predicted octanol–water partition coefficient (Wildman–Crippen LogP) is 2.44. The number of urea groups is 1. The standard InChI is InChI=1S/C24H29N3O7S/c1-27(15-17-8-4-3-5-9-17)35(31,32)21-14-18(12-13-20(21)33-2)23(29)34-16-22(28)26-24(30)25-19-10-6-7-11-19/h3-5,8-9,12-14,19H,6-7,10-11,15-16H2,1-2H3,(H2,25,26,28,30). The fraction of sp³-hybridized carbons (Fsp3) is 0.375. The van der Waals surface area contributed by atoms with Gasteiger partial charge in [-0.1, -0.05) is 43.2 Å². The lowest BCUT2D eigenvalue weighted by atomic mass is 10.2. The third kappa shape index (κ3) is 7.03. The van der Waals surface area contributed by atoms with Crippen LogP contribution in [0.2, 0.25) is 0 Å². The van der Waals surface area contributed by atoms with E-state index in [1.54, 1.807) is 12.1 Å². The number of rotatable bonds is 9. The molecule has 1 saturated carbocycles. The van der Waals surface area contributed by atoms with Crippen LogP contribution < -0.4 is 15.4 Å². The van der Waals surface area contributed by atoms with E-state index in [-0.39, 0.29) is 28.8 Å². The first-order valence-corrected chi connectivity index (χ1v) is 12.6. The lowest BCUT2D eigenvalue weighted by molar-refractivity contribution is -0.123. The van der Waals surface area contributed by atoms with Crippen molar-refractivity contribution in [1.82, 2.24) is 14.9 Å². The zero-order valence-corrected chi connectivity index (χ0v) is 20.5. The molecule has 0 bridgehead atoms. The molecule has 2 N–H and O–H groups in total. The summed E-state index contributed by atoms with van der Waals surface area (Å²) in [5.74, 6) is -1.65. The third-order valence-corrected chi connectivity index (χ3v) is 7.44. The number of sulfonamides is 1. The normalized spacial score (nSPS) is 13.9. The number of nitrogens with zero attached hydrogens (tertiary/aromatic N) is 1. The number of carbonyl (C=O) groups excluding carboxylic acids is 3. The van der Waals surface area contributed by atoms with Crippen molar-refractivity contribution >= 4 is 27.9 Å². The maximum Gasteiger partial charge on any atom is 0.338 e. The van der Waals surface area contributed by atoms with Crippen LogP contribution in [0.15, 0.2) is 53.4 Å². The quantitative estimate of drug-likeness (QED) is 0.503. The molecule has 2 aromatic rings. The summed E-state index contributed by atoms with van der Waals surface area (Å²) in [6.45, 7) is -0.580. The number of hydrogen-bond acceptors (Lipinski definition) is 7. The summed E-state index contributed by atoms with van der Waals surface area (Å²) in [5.41, 5.74) is 0.705. The van der Waals surface area contributed by atoms with Gasteiger partial charge in [-0.25, -0.2) is 18.0 Å². The van der Waals surface area contributed by atoms with E-state index in [9.17, 15) is 22.8 Å². The maximum atomic E-state index is 13.2. The molecule has 0 atom stereocenters. The molecule has 35 heavy (non-hydrogen) atoms. The second-order valence-corrected chi connectivity index (χ2v) is 10.2. The zero-order chi connectivity index (χ0) is 25.4. The Hall–Kier alpha value is -3.44. The first-order chi connectivity index (χ1) is 16.7. The molecule has 2 aromatic carbocycles. The number of methoxy groups -OCH3 is 1. The summed E-state index contributed by atoms with van der Waals surface area (Å²) in [6.07, 6.45) is 3.77. The summed E-state index contributed by atoms with van der Waals surface area (Å²) in [5, 5.41) is 4.81. The minimum absolute atomic E-state index is 0.0324. The van der Waals surface area contributed by atoms with Crippen LogP contribution in [0.25, 0.3) is 0 Å². The number of hydrogen-bond donors (Lipinski definition) is 2. The average molecular weight is 504 g/mol. The fourth-order valence-corrected chi connectivity index (χ4v) is 5.10. The van der Waals surface area contributed by atoms with Crippen molar-refractivity contribution in [2.24, 2.45) is 0 Å². The molecule has 10 nitrogen and oxygen atoms in total. The number of ether oxygens (including phenoxy) is 2. The van der Waals surface area contributed by atoms with Crippen molar-refractivity contribution in [2.45, 2.75) is 43.2 Å². The molecule has 0 aliphatic heterocycles. The van der Waals surface area contributed by atoms with E-state index < -0.39 is 34.5 Å². The molecule has 0 heterocycles. The minimum Gasteiger partial charge on any atom is -0.495 e. The molecule has 1 fully saturated rings. The van der Waals surface area contributed by atoms with Gasteiger partial charge in [-0.15, -0.1) is 0 Å².